The number of anilines is 1. The summed E-state index contributed by atoms with van der Waals surface area (Å²) >= 11 is 0. The third-order valence-electron chi connectivity index (χ3n) is 4.47. The number of pyridine rings is 1. The second-order valence-corrected chi connectivity index (χ2v) is 6.30. The maximum atomic E-state index is 14.0. The molecule has 0 radical (unpaired) electrons. The fraction of sp³-hybridized carbons (Fsp3) is 0.368. The standard InChI is InChI=1S/C19H23F2N5O.HI/c1-22-19(24-11-13-5-7-23-18(9-13)27-2)25-15-6-8-26(12-15)17-4-3-14(20)10-16(17)21;/h3-5,7,9-10,15H,6,8,11-12H2,1-2H3,(H2,22,24,25);1H. The highest BCUT2D eigenvalue weighted by molar-refractivity contribution is 14.0. The zero-order chi connectivity index (χ0) is 19.2. The van der Waals surface area contributed by atoms with Crippen molar-refractivity contribution in [1.29, 1.82) is 0 Å². The summed E-state index contributed by atoms with van der Waals surface area (Å²) in [6.07, 6.45) is 2.53. The third kappa shape index (κ3) is 5.66. The van der Waals surface area contributed by atoms with Gasteiger partial charge in [-0.25, -0.2) is 13.8 Å². The Morgan fingerprint density at radius 2 is 2.14 bits per heavy atom. The molecule has 1 aliphatic rings. The van der Waals surface area contributed by atoms with Crippen molar-refractivity contribution in [3.8, 4) is 5.88 Å². The number of nitrogens with one attached hydrogen (secondary N) is 2. The van der Waals surface area contributed by atoms with Crippen LogP contribution in [0.3, 0.4) is 0 Å². The molecular formula is C19H24F2IN5O. The number of halogens is 3. The smallest absolute Gasteiger partial charge is 0.213 e. The average Bonchev–Trinajstić information content (AvgIpc) is 3.13. The molecule has 2 N–H and O–H groups in total. The molecule has 1 aromatic carbocycles. The molecule has 0 bridgehead atoms. The van der Waals surface area contributed by atoms with Gasteiger partial charge in [0.1, 0.15) is 11.6 Å². The van der Waals surface area contributed by atoms with Crippen molar-refractivity contribution in [3.05, 3.63) is 53.7 Å². The quantitative estimate of drug-likeness (QED) is 0.374. The molecular weight excluding hydrogens is 479 g/mol. The van der Waals surface area contributed by atoms with Crippen molar-refractivity contribution in [2.75, 3.05) is 32.1 Å². The minimum atomic E-state index is -0.567. The summed E-state index contributed by atoms with van der Waals surface area (Å²) in [5, 5.41) is 6.60. The van der Waals surface area contributed by atoms with E-state index in [1.165, 1.54) is 12.1 Å². The van der Waals surface area contributed by atoms with E-state index in [-0.39, 0.29) is 30.0 Å². The summed E-state index contributed by atoms with van der Waals surface area (Å²) in [6.45, 7) is 1.88. The van der Waals surface area contributed by atoms with Crippen LogP contribution in [0, 0.1) is 11.6 Å². The third-order valence-corrected chi connectivity index (χ3v) is 4.47. The van der Waals surface area contributed by atoms with Crippen LogP contribution in [-0.4, -0.2) is 44.2 Å². The van der Waals surface area contributed by atoms with Crippen molar-refractivity contribution in [2.24, 2.45) is 4.99 Å². The van der Waals surface area contributed by atoms with Gasteiger partial charge < -0.3 is 20.3 Å². The van der Waals surface area contributed by atoms with Crippen LogP contribution in [0.15, 0.2) is 41.5 Å². The van der Waals surface area contributed by atoms with E-state index in [0.29, 0.717) is 37.2 Å². The van der Waals surface area contributed by atoms with Crippen LogP contribution in [0.2, 0.25) is 0 Å². The van der Waals surface area contributed by atoms with Gasteiger partial charge in [-0.1, -0.05) is 0 Å². The molecule has 6 nitrogen and oxygen atoms in total. The van der Waals surface area contributed by atoms with Gasteiger partial charge in [0, 0.05) is 51.1 Å². The van der Waals surface area contributed by atoms with Crippen molar-refractivity contribution >= 4 is 35.6 Å². The molecule has 1 fully saturated rings. The SMILES string of the molecule is CN=C(NCc1ccnc(OC)c1)NC1CCN(c2ccc(F)cc2F)C1.I. The highest BCUT2D eigenvalue weighted by Gasteiger charge is 2.25. The molecule has 1 aromatic heterocycles. The van der Waals surface area contributed by atoms with Gasteiger partial charge in [-0.2, -0.15) is 0 Å². The van der Waals surface area contributed by atoms with E-state index < -0.39 is 11.6 Å². The van der Waals surface area contributed by atoms with E-state index in [9.17, 15) is 8.78 Å². The van der Waals surface area contributed by atoms with Gasteiger partial charge >= 0.3 is 0 Å². The first-order valence-electron chi connectivity index (χ1n) is 8.75. The first-order valence-corrected chi connectivity index (χ1v) is 8.75. The van der Waals surface area contributed by atoms with Gasteiger partial charge in [-0.05, 0) is 30.2 Å². The zero-order valence-corrected chi connectivity index (χ0v) is 18.1. The van der Waals surface area contributed by atoms with E-state index in [1.54, 1.807) is 20.4 Å². The number of nitrogens with zero attached hydrogens (tertiary/aromatic N) is 3. The monoisotopic (exact) mass is 503 g/mol. The summed E-state index contributed by atoms with van der Waals surface area (Å²) in [5.41, 5.74) is 1.44. The number of ether oxygens (including phenoxy) is 1. The van der Waals surface area contributed by atoms with Crippen LogP contribution in [0.1, 0.15) is 12.0 Å². The number of guanidine groups is 1. The lowest BCUT2D eigenvalue weighted by Crippen LogP contribution is -2.44. The molecule has 1 unspecified atom stereocenters. The summed E-state index contributed by atoms with van der Waals surface area (Å²) in [7, 11) is 3.28. The first kappa shape index (κ1) is 22.1. The molecule has 1 saturated heterocycles. The van der Waals surface area contributed by atoms with E-state index >= 15 is 0 Å². The van der Waals surface area contributed by atoms with Crippen molar-refractivity contribution in [1.82, 2.24) is 15.6 Å². The Bertz CT molecular complexity index is 821. The fourth-order valence-corrected chi connectivity index (χ4v) is 3.08. The van der Waals surface area contributed by atoms with Crippen LogP contribution in [0.25, 0.3) is 0 Å². The van der Waals surface area contributed by atoms with Crippen LogP contribution < -0.4 is 20.3 Å². The van der Waals surface area contributed by atoms with Gasteiger partial charge in [0.05, 0.1) is 12.8 Å². The lowest BCUT2D eigenvalue weighted by Gasteiger charge is -2.21. The Hall–Kier alpha value is -2.17. The van der Waals surface area contributed by atoms with Crippen LogP contribution in [0.4, 0.5) is 14.5 Å². The number of hydrogen-bond donors (Lipinski definition) is 2. The Balaban J connectivity index is 0.00000280. The molecule has 3 rings (SSSR count). The highest BCUT2D eigenvalue weighted by Crippen LogP contribution is 2.24. The number of methoxy groups -OCH3 is 1. The van der Waals surface area contributed by atoms with Crippen LogP contribution in [0.5, 0.6) is 5.88 Å². The molecule has 1 atom stereocenters. The molecule has 0 aliphatic carbocycles. The van der Waals surface area contributed by atoms with E-state index in [1.807, 2.05) is 17.0 Å². The van der Waals surface area contributed by atoms with Crippen LogP contribution in [-0.2, 0) is 6.54 Å². The van der Waals surface area contributed by atoms with Crippen molar-refractivity contribution in [2.45, 2.75) is 19.0 Å². The number of rotatable bonds is 5. The molecule has 28 heavy (non-hydrogen) atoms. The lowest BCUT2D eigenvalue weighted by molar-refractivity contribution is 0.397. The summed E-state index contributed by atoms with van der Waals surface area (Å²) in [4.78, 5) is 10.2. The largest absolute Gasteiger partial charge is 0.481 e. The van der Waals surface area contributed by atoms with E-state index in [4.69, 9.17) is 4.74 Å². The lowest BCUT2D eigenvalue weighted by atomic mass is 10.2. The number of hydrogen-bond acceptors (Lipinski definition) is 4. The van der Waals surface area contributed by atoms with Crippen LogP contribution >= 0.6 is 24.0 Å². The fourth-order valence-electron chi connectivity index (χ4n) is 3.08. The molecule has 152 valence electrons. The second kappa shape index (κ2) is 10.4. The maximum Gasteiger partial charge on any atom is 0.213 e. The predicted molar refractivity (Wildman–Crippen MR) is 117 cm³/mol. The first-order chi connectivity index (χ1) is 13.1. The summed E-state index contributed by atoms with van der Waals surface area (Å²) in [5.74, 6) is 0.120. The second-order valence-electron chi connectivity index (χ2n) is 6.30. The summed E-state index contributed by atoms with van der Waals surface area (Å²) < 4.78 is 32.2. The van der Waals surface area contributed by atoms with Gasteiger partial charge in [-0.3, -0.25) is 4.99 Å². The molecule has 0 spiro atoms. The Morgan fingerprint density at radius 3 is 2.86 bits per heavy atom. The highest BCUT2D eigenvalue weighted by atomic mass is 127. The molecule has 2 heterocycles. The molecule has 0 amide bonds. The Kier molecular flexibility index (Phi) is 8.21. The topological polar surface area (TPSA) is 61.8 Å². The number of aliphatic imine (C=N–C) groups is 1. The van der Waals surface area contributed by atoms with Gasteiger partial charge in [0.2, 0.25) is 5.88 Å². The maximum absolute atomic E-state index is 14.0. The van der Waals surface area contributed by atoms with E-state index in [2.05, 4.69) is 20.6 Å². The average molecular weight is 503 g/mol. The zero-order valence-electron chi connectivity index (χ0n) is 15.8. The van der Waals surface area contributed by atoms with Crippen molar-refractivity contribution < 1.29 is 13.5 Å². The molecule has 1 aliphatic heterocycles. The number of benzene rings is 1. The molecule has 0 saturated carbocycles. The summed E-state index contributed by atoms with van der Waals surface area (Å²) in [6, 6.07) is 7.55. The van der Waals surface area contributed by atoms with Gasteiger partial charge in [0.15, 0.2) is 5.96 Å². The van der Waals surface area contributed by atoms with Gasteiger partial charge in [0.25, 0.3) is 0 Å². The minimum absolute atomic E-state index is 0. The van der Waals surface area contributed by atoms with E-state index in [0.717, 1.165) is 18.1 Å². The Labute approximate surface area is 180 Å². The predicted octanol–water partition coefficient (Wildman–Crippen LogP) is 2.93. The Morgan fingerprint density at radius 1 is 1.32 bits per heavy atom. The minimum Gasteiger partial charge on any atom is -0.481 e. The number of aromatic nitrogens is 1. The normalized spacial score (nSPS) is 16.5. The van der Waals surface area contributed by atoms with Crippen molar-refractivity contribution in [3.63, 3.8) is 0 Å². The molecule has 2 aromatic rings. The molecule has 9 heteroatoms. The van der Waals surface area contributed by atoms with Gasteiger partial charge in [-0.15, -0.1) is 24.0 Å².